The van der Waals surface area contributed by atoms with Gasteiger partial charge in [-0.25, -0.2) is 8.78 Å². The molecule has 0 bridgehead atoms. The molecule has 3 atom stereocenters. The predicted octanol–water partition coefficient (Wildman–Crippen LogP) is 4.72. The number of aromatic nitrogens is 3. The van der Waals surface area contributed by atoms with E-state index in [1.54, 1.807) is 6.20 Å². The van der Waals surface area contributed by atoms with Gasteiger partial charge in [0, 0.05) is 55.3 Å². The summed E-state index contributed by atoms with van der Waals surface area (Å²) in [6.07, 6.45) is 9.83. The van der Waals surface area contributed by atoms with Crippen LogP contribution >= 0.6 is 0 Å². The van der Waals surface area contributed by atoms with Gasteiger partial charge < -0.3 is 15.0 Å². The van der Waals surface area contributed by atoms with Crippen molar-refractivity contribution >= 4 is 27.5 Å². The maximum absolute atomic E-state index is 16.6. The molecule has 3 saturated heterocycles. The Kier molecular flexibility index (Phi) is 6.48. The van der Waals surface area contributed by atoms with Crippen molar-refractivity contribution in [2.75, 3.05) is 44.7 Å². The molecule has 9 heteroatoms. The molecular weight excluding hydrogens is 522 g/mol. The lowest BCUT2D eigenvalue weighted by Gasteiger charge is -2.31. The van der Waals surface area contributed by atoms with Gasteiger partial charge in [-0.1, -0.05) is 36.3 Å². The summed E-state index contributed by atoms with van der Waals surface area (Å²) in [5.74, 6) is 2.73. The van der Waals surface area contributed by atoms with E-state index in [4.69, 9.17) is 16.1 Å². The maximum atomic E-state index is 16.6. The van der Waals surface area contributed by atoms with E-state index in [1.165, 1.54) is 0 Å². The fraction of sp³-hybridized carbons (Fsp3) is 0.406. The number of nitrogens with zero attached hydrogens (tertiary/aromatic N) is 5. The summed E-state index contributed by atoms with van der Waals surface area (Å²) in [5.41, 5.74) is 1.22. The number of fused-ring (bicyclic) bond motifs is 3. The number of hydrogen-bond donors (Lipinski definition) is 1. The summed E-state index contributed by atoms with van der Waals surface area (Å²) < 4.78 is 37.2. The molecule has 1 N–H and O–H groups in total. The van der Waals surface area contributed by atoms with E-state index in [0.29, 0.717) is 35.3 Å². The molecule has 2 aromatic carbocycles. The molecule has 0 aliphatic carbocycles. The second kappa shape index (κ2) is 10.2. The van der Waals surface area contributed by atoms with Crippen molar-refractivity contribution in [2.45, 2.75) is 43.4 Å². The highest BCUT2D eigenvalue weighted by atomic mass is 19.1. The zero-order chi connectivity index (χ0) is 28.1. The minimum atomic E-state index is -0.868. The summed E-state index contributed by atoms with van der Waals surface area (Å²) >= 11 is 0. The lowest BCUT2D eigenvalue weighted by atomic mass is 9.95. The number of anilines is 1. The lowest BCUT2D eigenvalue weighted by Crippen LogP contribution is -2.43. The van der Waals surface area contributed by atoms with Gasteiger partial charge in [-0.05, 0) is 43.8 Å². The molecular formula is C32H32F2N6O. The number of nitrogens with one attached hydrogen (secondary N) is 1. The fourth-order valence-electron chi connectivity index (χ4n) is 6.99. The molecule has 0 radical (unpaired) electrons. The molecule has 41 heavy (non-hydrogen) atoms. The van der Waals surface area contributed by atoms with Crippen molar-refractivity contribution in [1.29, 1.82) is 0 Å². The zero-order valence-corrected chi connectivity index (χ0v) is 23.0. The van der Waals surface area contributed by atoms with E-state index >= 15 is 4.39 Å². The van der Waals surface area contributed by atoms with Gasteiger partial charge in [0.2, 0.25) is 0 Å². The number of alkyl halides is 1. The Morgan fingerprint density at radius 1 is 1.24 bits per heavy atom. The number of terminal acetylenes is 1. The maximum Gasteiger partial charge on any atom is 0.319 e. The van der Waals surface area contributed by atoms with Crippen LogP contribution in [-0.2, 0) is 0 Å². The fourth-order valence-corrected chi connectivity index (χ4v) is 6.99. The van der Waals surface area contributed by atoms with Crippen molar-refractivity contribution in [1.82, 2.24) is 25.2 Å². The third-order valence-corrected chi connectivity index (χ3v) is 9.11. The first-order valence-electron chi connectivity index (χ1n) is 14.3. The van der Waals surface area contributed by atoms with Gasteiger partial charge in [-0.3, -0.25) is 9.88 Å². The quantitative estimate of drug-likeness (QED) is 0.346. The number of pyridine rings is 1. The Bertz CT molecular complexity index is 1680. The van der Waals surface area contributed by atoms with E-state index in [1.807, 2.05) is 43.4 Å². The molecule has 4 aromatic rings. The largest absolute Gasteiger partial charge is 0.461 e. The molecule has 3 aliphatic heterocycles. The van der Waals surface area contributed by atoms with Crippen molar-refractivity contribution in [3.05, 3.63) is 54.0 Å². The SMILES string of the molecule is C#Cc1cccc2cccc(-c3ncc4c(N(C)C5CCNC5)nc(OC[C@@]56CCCN5CC(F)C6)nc4c3F)c12. The van der Waals surface area contributed by atoms with Crippen molar-refractivity contribution in [2.24, 2.45) is 0 Å². The molecule has 210 valence electrons. The molecule has 7 nitrogen and oxygen atoms in total. The average Bonchev–Trinajstić information content (AvgIpc) is 3.72. The van der Waals surface area contributed by atoms with Crippen molar-refractivity contribution < 1.29 is 13.5 Å². The molecule has 2 aromatic heterocycles. The first kappa shape index (κ1) is 26.1. The molecule has 7 rings (SSSR count). The molecule has 5 heterocycles. The Balaban J connectivity index is 1.35. The van der Waals surface area contributed by atoms with Crippen LogP contribution in [0.1, 0.15) is 31.2 Å². The minimum absolute atomic E-state index is 0.0899. The number of likely N-dealkylation sites (N-methyl/N-ethyl adjacent to an activating group) is 1. The van der Waals surface area contributed by atoms with Crippen LogP contribution in [0.2, 0.25) is 0 Å². The standard InChI is InChI=1S/C32H32F2N6O/c1-3-20-7-4-8-21-9-5-10-24(26(20)21)28-27(34)29-25(17-36-28)30(39(2)23-11-13-35-16-23)38-31(37-29)41-19-32-12-6-14-40(32)18-22(33)15-32/h1,4-5,7-10,17,22-23,35H,6,11-16,18-19H2,2H3/t22?,23?,32-/m0/s1. The van der Waals surface area contributed by atoms with E-state index < -0.39 is 12.0 Å². The first-order valence-corrected chi connectivity index (χ1v) is 14.3. The van der Waals surface area contributed by atoms with Gasteiger partial charge >= 0.3 is 6.01 Å². The average molecular weight is 555 g/mol. The van der Waals surface area contributed by atoms with Gasteiger partial charge in [0.05, 0.1) is 10.9 Å². The normalized spacial score (nSPS) is 24.1. The first-order chi connectivity index (χ1) is 20.0. The number of halogens is 2. The number of ether oxygens (including phenoxy) is 1. The van der Waals surface area contributed by atoms with Crippen LogP contribution in [0.5, 0.6) is 6.01 Å². The third-order valence-electron chi connectivity index (χ3n) is 9.11. The summed E-state index contributed by atoms with van der Waals surface area (Å²) in [7, 11) is 1.96. The van der Waals surface area contributed by atoms with E-state index in [0.717, 1.165) is 49.7 Å². The predicted molar refractivity (Wildman–Crippen MR) is 156 cm³/mol. The van der Waals surface area contributed by atoms with Crippen LogP contribution in [0.15, 0.2) is 42.6 Å². The summed E-state index contributed by atoms with van der Waals surface area (Å²) in [6, 6.07) is 11.6. The van der Waals surface area contributed by atoms with Crippen LogP contribution in [0.25, 0.3) is 32.9 Å². The van der Waals surface area contributed by atoms with Gasteiger partial charge in [0.1, 0.15) is 29.8 Å². The summed E-state index contributed by atoms with van der Waals surface area (Å²) in [5, 5.41) is 5.57. The number of rotatable bonds is 6. The van der Waals surface area contributed by atoms with E-state index in [-0.39, 0.29) is 35.4 Å². The van der Waals surface area contributed by atoms with Crippen LogP contribution in [0, 0.1) is 18.2 Å². The molecule has 2 unspecified atom stereocenters. The number of hydrogen-bond acceptors (Lipinski definition) is 7. The molecule has 0 amide bonds. The van der Waals surface area contributed by atoms with Gasteiger partial charge in [-0.2, -0.15) is 9.97 Å². The molecule has 3 fully saturated rings. The minimum Gasteiger partial charge on any atom is -0.461 e. The topological polar surface area (TPSA) is 66.4 Å². The second-order valence-electron chi connectivity index (χ2n) is 11.5. The van der Waals surface area contributed by atoms with Crippen molar-refractivity contribution in [3.63, 3.8) is 0 Å². The Morgan fingerprint density at radius 2 is 2.10 bits per heavy atom. The Labute approximate surface area is 237 Å². The second-order valence-corrected chi connectivity index (χ2v) is 11.5. The summed E-state index contributed by atoms with van der Waals surface area (Å²) in [6.45, 7) is 3.26. The molecule has 3 aliphatic rings. The smallest absolute Gasteiger partial charge is 0.319 e. The van der Waals surface area contributed by atoms with E-state index in [2.05, 4.69) is 31.0 Å². The van der Waals surface area contributed by atoms with Crippen LogP contribution in [0.4, 0.5) is 14.6 Å². The van der Waals surface area contributed by atoms with Crippen LogP contribution in [0.3, 0.4) is 0 Å². The van der Waals surface area contributed by atoms with Gasteiger partial charge in [0.25, 0.3) is 0 Å². The monoisotopic (exact) mass is 554 g/mol. The lowest BCUT2D eigenvalue weighted by molar-refractivity contribution is 0.107. The van der Waals surface area contributed by atoms with Crippen LogP contribution < -0.4 is 15.0 Å². The number of benzene rings is 2. The summed E-state index contributed by atoms with van der Waals surface area (Å²) in [4.78, 5) is 18.2. The van der Waals surface area contributed by atoms with Gasteiger partial charge in [0.15, 0.2) is 5.82 Å². The molecule has 0 saturated carbocycles. The molecule has 0 spiro atoms. The van der Waals surface area contributed by atoms with Crippen molar-refractivity contribution in [3.8, 4) is 29.6 Å². The highest BCUT2D eigenvalue weighted by molar-refractivity contribution is 6.02. The van der Waals surface area contributed by atoms with E-state index in [9.17, 15) is 4.39 Å². The van der Waals surface area contributed by atoms with Gasteiger partial charge in [-0.15, -0.1) is 6.42 Å². The Hall–Kier alpha value is -3.87. The highest BCUT2D eigenvalue weighted by Gasteiger charge is 2.49. The third kappa shape index (κ3) is 4.37. The highest BCUT2D eigenvalue weighted by Crippen LogP contribution is 2.41. The van der Waals surface area contributed by atoms with Crippen LogP contribution in [-0.4, -0.2) is 77.4 Å². The Morgan fingerprint density at radius 3 is 2.90 bits per heavy atom. The zero-order valence-electron chi connectivity index (χ0n) is 23.0.